The van der Waals surface area contributed by atoms with Crippen LogP contribution in [0.1, 0.15) is 0 Å². The Bertz CT molecular complexity index is 821. The molecule has 0 radical (unpaired) electrons. The number of aromatic nitrogens is 3. The van der Waals surface area contributed by atoms with Crippen LogP contribution in [0.5, 0.6) is 5.75 Å². The number of hydrogen-bond donors (Lipinski definition) is 2. The van der Waals surface area contributed by atoms with Gasteiger partial charge in [0.15, 0.2) is 5.82 Å². The Balaban J connectivity index is 1.41. The molecule has 0 aliphatic heterocycles. The van der Waals surface area contributed by atoms with Gasteiger partial charge in [-0.2, -0.15) is 5.10 Å². The van der Waals surface area contributed by atoms with Crippen molar-refractivity contribution in [1.29, 1.82) is 0 Å². The lowest BCUT2D eigenvalue weighted by atomic mass is 10.3. The lowest BCUT2D eigenvalue weighted by molar-refractivity contribution is 0.247. The number of anilines is 1. The Morgan fingerprint density at radius 2 is 2.16 bits per heavy atom. The van der Waals surface area contributed by atoms with E-state index < -0.39 is 0 Å². The smallest absolute Gasteiger partial charge is 0.319 e. The number of benzene rings is 1. The zero-order valence-corrected chi connectivity index (χ0v) is 14.0. The van der Waals surface area contributed by atoms with E-state index in [0.29, 0.717) is 35.4 Å². The number of amides is 2. The van der Waals surface area contributed by atoms with Crippen LogP contribution in [0.4, 0.5) is 10.5 Å². The van der Waals surface area contributed by atoms with Crippen molar-refractivity contribution in [2.24, 2.45) is 0 Å². The van der Waals surface area contributed by atoms with Gasteiger partial charge in [-0.25, -0.2) is 14.5 Å². The van der Waals surface area contributed by atoms with Gasteiger partial charge in [0.05, 0.1) is 18.4 Å². The molecule has 1 aromatic carbocycles. The van der Waals surface area contributed by atoms with Gasteiger partial charge in [0.2, 0.25) is 0 Å². The molecule has 25 heavy (non-hydrogen) atoms. The molecule has 7 nitrogen and oxygen atoms in total. The van der Waals surface area contributed by atoms with Crippen LogP contribution in [0.3, 0.4) is 0 Å². The summed E-state index contributed by atoms with van der Waals surface area (Å²) in [5.41, 5.74) is 0.587. The summed E-state index contributed by atoms with van der Waals surface area (Å²) < 4.78 is 7.13. The van der Waals surface area contributed by atoms with Gasteiger partial charge in [0.25, 0.3) is 0 Å². The Labute approximate surface area is 149 Å². The summed E-state index contributed by atoms with van der Waals surface area (Å²) in [6, 6.07) is 12.1. The van der Waals surface area contributed by atoms with Crippen molar-refractivity contribution in [3.63, 3.8) is 0 Å². The highest BCUT2D eigenvalue weighted by Crippen LogP contribution is 2.16. The second-order valence-corrected chi connectivity index (χ2v) is 5.48. The first-order valence-corrected chi connectivity index (χ1v) is 7.98. The number of nitrogens with zero attached hydrogens (tertiary/aromatic N) is 3. The van der Waals surface area contributed by atoms with Crippen LogP contribution < -0.4 is 15.4 Å². The van der Waals surface area contributed by atoms with Crippen LogP contribution in [0.2, 0.25) is 5.02 Å². The van der Waals surface area contributed by atoms with Crippen molar-refractivity contribution in [1.82, 2.24) is 20.1 Å². The molecule has 0 saturated heterocycles. The van der Waals surface area contributed by atoms with Crippen molar-refractivity contribution >= 4 is 23.3 Å². The maximum Gasteiger partial charge on any atom is 0.319 e. The molecule has 3 rings (SSSR count). The molecule has 128 valence electrons. The lowest BCUT2D eigenvalue weighted by Gasteiger charge is -2.09. The Morgan fingerprint density at radius 3 is 2.88 bits per heavy atom. The molecule has 0 saturated carbocycles. The topological polar surface area (TPSA) is 81.1 Å². The molecule has 2 aromatic heterocycles. The molecule has 3 aromatic rings. The molecule has 0 aliphatic rings. The lowest BCUT2D eigenvalue weighted by Crippen LogP contribution is -2.32. The summed E-state index contributed by atoms with van der Waals surface area (Å²) in [7, 11) is 0. The van der Waals surface area contributed by atoms with Crippen molar-refractivity contribution < 1.29 is 9.53 Å². The van der Waals surface area contributed by atoms with Gasteiger partial charge in [-0.05, 0) is 36.4 Å². The fourth-order valence-corrected chi connectivity index (χ4v) is 2.25. The van der Waals surface area contributed by atoms with Crippen LogP contribution in [0.15, 0.2) is 61.1 Å². The van der Waals surface area contributed by atoms with Crippen LogP contribution >= 0.6 is 11.6 Å². The first-order valence-electron chi connectivity index (χ1n) is 7.60. The molecule has 8 heteroatoms. The van der Waals surface area contributed by atoms with Crippen LogP contribution in [0, 0.1) is 0 Å². The van der Waals surface area contributed by atoms with E-state index in [0.717, 1.165) is 0 Å². The molecule has 0 bridgehead atoms. The predicted molar refractivity (Wildman–Crippen MR) is 95.3 cm³/mol. The zero-order chi connectivity index (χ0) is 17.5. The average Bonchev–Trinajstić information content (AvgIpc) is 3.14. The summed E-state index contributed by atoms with van der Waals surface area (Å²) in [5.74, 6) is 1.33. The summed E-state index contributed by atoms with van der Waals surface area (Å²) in [6.07, 6.45) is 5.04. The van der Waals surface area contributed by atoms with E-state index in [-0.39, 0.29) is 6.03 Å². The highest BCUT2D eigenvalue weighted by Gasteiger charge is 2.03. The standard InChI is InChI=1S/C17H16ClN5O2/c18-13-3-1-4-15(11-13)25-10-8-19-17(24)22-14-5-6-16(20-12-14)23-9-2-7-21-23/h1-7,9,11-12H,8,10H2,(H2,19,22,24). The summed E-state index contributed by atoms with van der Waals surface area (Å²) in [6.45, 7) is 0.696. The molecule has 0 fully saturated rings. The molecule has 0 unspecified atom stereocenters. The quantitative estimate of drug-likeness (QED) is 0.664. The number of nitrogens with one attached hydrogen (secondary N) is 2. The number of carbonyl (C=O) groups excluding carboxylic acids is 1. The maximum absolute atomic E-state index is 11.8. The molecular formula is C17H16ClN5O2. The molecule has 0 aliphatic carbocycles. The SMILES string of the molecule is O=C(NCCOc1cccc(Cl)c1)Nc1ccc(-n2cccn2)nc1. The fourth-order valence-electron chi connectivity index (χ4n) is 2.07. The van der Waals surface area contributed by atoms with Gasteiger partial charge in [0, 0.05) is 17.4 Å². The third-order valence-electron chi connectivity index (χ3n) is 3.20. The zero-order valence-electron chi connectivity index (χ0n) is 13.2. The van der Waals surface area contributed by atoms with Crippen LogP contribution in [-0.2, 0) is 0 Å². The van der Waals surface area contributed by atoms with E-state index in [1.165, 1.54) is 0 Å². The van der Waals surface area contributed by atoms with Gasteiger partial charge in [-0.15, -0.1) is 0 Å². The highest BCUT2D eigenvalue weighted by atomic mass is 35.5. The predicted octanol–water partition coefficient (Wildman–Crippen LogP) is 3.12. The summed E-state index contributed by atoms with van der Waals surface area (Å²) in [5, 5.41) is 10.1. The van der Waals surface area contributed by atoms with Crippen molar-refractivity contribution in [3.05, 3.63) is 66.1 Å². The number of urea groups is 1. The number of rotatable bonds is 6. The molecular weight excluding hydrogens is 342 g/mol. The first-order chi connectivity index (χ1) is 12.2. The van der Waals surface area contributed by atoms with E-state index in [1.54, 1.807) is 59.7 Å². The molecule has 0 atom stereocenters. The number of halogens is 1. The largest absolute Gasteiger partial charge is 0.492 e. The minimum atomic E-state index is -0.330. The van der Waals surface area contributed by atoms with Crippen LogP contribution in [0.25, 0.3) is 5.82 Å². The second-order valence-electron chi connectivity index (χ2n) is 5.04. The van der Waals surface area contributed by atoms with E-state index in [2.05, 4.69) is 20.7 Å². The Kier molecular flexibility index (Phi) is 5.48. The summed E-state index contributed by atoms with van der Waals surface area (Å²) >= 11 is 5.87. The third-order valence-corrected chi connectivity index (χ3v) is 3.43. The minimum absolute atomic E-state index is 0.330. The molecule has 2 amide bonds. The van der Waals surface area contributed by atoms with E-state index in [9.17, 15) is 4.79 Å². The normalized spacial score (nSPS) is 10.3. The highest BCUT2D eigenvalue weighted by molar-refractivity contribution is 6.30. The van der Waals surface area contributed by atoms with Crippen molar-refractivity contribution in [2.75, 3.05) is 18.5 Å². The van der Waals surface area contributed by atoms with Gasteiger partial charge >= 0.3 is 6.03 Å². The van der Waals surface area contributed by atoms with Gasteiger partial charge in [-0.1, -0.05) is 17.7 Å². The van der Waals surface area contributed by atoms with Gasteiger partial charge < -0.3 is 15.4 Å². The summed E-state index contributed by atoms with van der Waals surface area (Å²) in [4.78, 5) is 16.1. The number of ether oxygens (including phenoxy) is 1. The molecule has 2 heterocycles. The average molecular weight is 358 g/mol. The minimum Gasteiger partial charge on any atom is -0.492 e. The second kappa shape index (κ2) is 8.16. The number of pyridine rings is 1. The number of carbonyl (C=O) groups is 1. The first kappa shape index (κ1) is 16.8. The fraction of sp³-hybridized carbons (Fsp3) is 0.118. The monoisotopic (exact) mass is 357 g/mol. The molecule has 0 spiro atoms. The van der Waals surface area contributed by atoms with E-state index in [1.807, 2.05) is 6.07 Å². The van der Waals surface area contributed by atoms with Crippen LogP contribution in [-0.4, -0.2) is 33.9 Å². The van der Waals surface area contributed by atoms with E-state index in [4.69, 9.17) is 16.3 Å². The maximum atomic E-state index is 11.8. The van der Waals surface area contributed by atoms with Gasteiger partial charge in [-0.3, -0.25) is 0 Å². The Hall–Kier alpha value is -3.06. The Morgan fingerprint density at radius 1 is 1.24 bits per heavy atom. The van der Waals surface area contributed by atoms with Crippen molar-refractivity contribution in [3.8, 4) is 11.6 Å². The third kappa shape index (κ3) is 4.95. The number of hydrogen-bond acceptors (Lipinski definition) is 4. The van der Waals surface area contributed by atoms with Gasteiger partial charge in [0.1, 0.15) is 12.4 Å². The van der Waals surface area contributed by atoms with Crippen molar-refractivity contribution in [2.45, 2.75) is 0 Å². The molecule has 2 N–H and O–H groups in total. The van der Waals surface area contributed by atoms with E-state index >= 15 is 0 Å².